The molecule has 3 aromatic rings. The van der Waals surface area contributed by atoms with Gasteiger partial charge in [-0.3, -0.25) is 9.59 Å². The summed E-state index contributed by atoms with van der Waals surface area (Å²) in [7, 11) is 0. The number of hydrogen-bond donors (Lipinski definition) is 3. The maximum absolute atomic E-state index is 12.6. The minimum atomic E-state index is 0.0155. The normalized spacial score (nSPS) is 18.3. The van der Waals surface area contributed by atoms with Crippen LogP contribution in [0.25, 0.3) is 0 Å². The first kappa shape index (κ1) is 21.9. The summed E-state index contributed by atoms with van der Waals surface area (Å²) >= 11 is 0. The van der Waals surface area contributed by atoms with E-state index in [0.29, 0.717) is 18.2 Å². The largest absolute Gasteiger partial charge is 0.321 e. The number of quaternary nitrogens is 2. The van der Waals surface area contributed by atoms with Crippen molar-refractivity contribution in [3.63, 3.8) is 0 Å². The first-order valence-electron chi connectivity index (χ1n) is 11.3. The molecule has 5 heteroatoms. The number of Topliss-reactive ketones (excluding diaryl/α,β-unsaturated/α-hetero) is 1. The molecule has 1 amide bonds. The van der Waals surface area contributed by atoms with E-state index in [0.717, 1.165) is 31.9 Å². The van der Waals surface area contributed by atoms with Gasteiger partial charge in [-0.25, -0.2) is 0 Å². The van der Waals surface area contributed by atoms with Gasteiger partial charge in [0.2, 0.25) is 0 Å². The molecule has 1 aliphatic rings. The second-order valence-electron chi connectivity index (χ2n) is 8.52. The summed E-state index contributed by atoms with van der Waals surface area (Å²) in [5.74, 6) is 0.0405. The van der Waals surface area contributed by atoms with Crippen LogP contribution in [0.2, 0.25) is 0 Å². The highest BCUT2D eigenvalue weighted by molar-refractivity contribution is 5.95. The Kier molecular flexibility index (Phi) is 7.10. The van der Waals surface area contributed by atoms with Gasteiger partial charge in [0.05, 0.1) is 0 Å². The molecule has 32 heavy (non-hydrogen) atoms. The van der Waals surface area contributed by atoms with Gasteiger partial charge in [-0.05, 0) is 31.2 Å². The van der Waals surface area contributed by atoms with Crippen molar-refractivity contribution in [1.29, 1.82) is 0 Å². The van der Waals surface area contributed by atoms with Crippen molar-refractivity contribution in [2.75, 3.05) is 38.0 Å². The Balaban J connectivity index is 1.35. The van der Waals surface area contributed by atoms with Crippen LogP contribution in [-0.4, -0.2) is 44.4 Å². The van der Waals surface area contributed by atoms with Gasteiger partial charge in [-0.2, -0.15) is 0 Å². The zero-order chi connectivity index (χ0) is 22.3. The molecule has 0 aromatic heterocycles. The van der Waals surface area contributed by atoms with E-state index in [4.69, 9.17) is 0 Å². The van der Waals surface area contributed by atoms with Crippen LogP contribution in [-0.2, 0) is 4.79 Å². The molecule has 0 aliphatic carbocycles. The Bertz CT molecular complexity index is 988. The molecular weight excluding hydrogens is 398 g/mol. The Morgan fingerprint density at radius 2 is 1.31 bits per heavy atom. The van der Waals surface area contributed by atoms with E-state index < -0.39 is 0 Å². The first-order valence-corrected chi connectivity index (χ1v) is 11.3. The van der Waals surface area contributed by atoms with Crippen LogP contribution in [0.5, 0.6) is 0 Å². The third kappa shape index (κ3) is 5.49. The Hall–Kier alpha value is -3.28. The minimum absolute atomic E-state index is 0.0155. The van der Waals surface area contributed by atoms with Crippen molar-refractivity contribution in [3.8, 4) is 0 Å². The van der Waals surface area contributed by atoms with E-state index in [1.165, 1.54) is 16.0 Å². The predicted molar refractivity (Wildman–Crippen MR) is 126 cm³/mol. The van der Waals surface area contributed by atoms with Gasteiger partial charge >= 0.3 is 0 Å². The van der Waals surface area contributed by atoms with E-state index >= 15 is 0 Å². The molecule has 0 atom stereocenters. The molecule has 1 saturated heterocycles. The number of anilines is 1. The Labute approximate surface area is 189 Å². The lowest BCUT2D eigenvalue weighted by Crippen LogP contribution is -3.28. The van der Waals surface area contributed by atoms with Crippen LogP contribution in [0.4, 0.5) is 5.69 Å². The maximum atomic E-state index is 12.6. The molecule has 1 heterocycles. The van der Waals surface area contributed by atoms with E-state index in [1.54, 1.807) is 36.1 Å². The third-order valence-electron chi connectivity index (χ3n) is 6.26. The molecule has 1 fully saturated rings. The number of ketones is 1. The summed E-state index contributed by atoms with van der Waals surface area (Å²) in [5, 5.41) is 2.96. The molecule has 0 spiro atoms. The second-order valence-corrected chi connectivity index (χ2v) is 8.52. The lowest BCUT2D eigenvalue weighted by Gasteiger charge is -2.34. The first-order chi connectivity index (χ1) is 15.6. The molecule has 0 unspecified atom stereocenters. The molecule has 0 saturated carbocycles. The summed E-state index contributed by atoms with van der Waals surface area (Å²) in [6.45, 7) is 5.96. The number of hydrogen-bond acceptors (Lipinski definition) is 2. The van der Waals surface area contributed by atoms with Gasteiger partial charge in [0.1, 0.15) is 32.2 Å². The smallest absolute Gasteiger partial charge is 0.279 e. The van der Waals surface area contributed by atoms with Crippen molar-refractivity contribution in [1.82, 2.24) is 0 Å². The molecule has 3 aromatic carbocycles. The summed E-state index contributed by atoms with van der Waals surface area (Å²) in [5.41, 5.74) is 4.06. The Morgan fingerprint density at radius 1 is 0.781 bits per heavy atom. The summed E-state index contributed by atoms with van der Waals surface area (Å²) in [6.07, 6.45) is 0. The minimum Gasteiger partial charge on any atom is -0.321 e. The number of piperazine rings is 1. The number of rotatable bonds is 7. The highest BCUT2D eigenvalue weighted by Gasteiger charge is 2.32. The highest BCUT2D eigenvalue weighted by Crippen LogP contribution is 2.18. The van der Waals surface area contributed by atoms with Crippen molar-refractivity contribution in [3.05, 3.63) is 102 Å². The molecule has 5 nitrogen and oxygen atoms in total. The van der Waals surface area contributed by atoms with Crippen molar-refractivity contribution in [2.45, 2.75) is 13.0 Å². The van der Waals surface area contributed by atoms with Crippen molar-refractivity contribution in [2.24, 2.45) is 0 Å². The van der Waals surface area contributed by atoms with Crippen LogP contribution in [0.3, 0.4) is 0 Å². The number of carbonyl (C=O) groups excluding carboxylic acids is 2. The molecule has 3 N–H and O–H groups in total. The second kappa shape index (κ2) is 10.4. The number of benzene rings is 3. The van der Waals surface area contributed by atoms with E-state index in [9.17, 15) is 9.59 Å². The average Bonchev–Trinajstić information content (AvgIpc) is 2.82. The van der Waals surface area contributed by atoms with Gasteiger partial charge < -0.3 is 15.1 Å². The standard InChI is InChI=1S/C27H29N3O2/c1-21(31)22-12-14-25(15-13-22)28-26(32)20-29-16-18-30(19-17-29)27(23-8-4-2-5-9-23)24-10-6-3-7-11-24/h2-15,27H,16-20H2,1H3,(H,28,32)/p+2. The van der Waals surface area contributed by atoms with Crippen LogP contribution >= 0.6 is 0 Å². The monoisotopic (exact) mass is 429 g/mol. The Morgan fingerprint density at radius 3 is 1.81 bits per heavy atom. The number of nitrogens with one attached hydrogen (secondary N) is 3. The average molecular weight is 430 g/mol. The lowest BCUT2D eigenvalue weighted by atomic mass is 9.96. The molecule has 0 bridgehead atoms. The van der Waals surface area contributed by atoms with Crippen molar-refractivity contribution < 1.29 is 19.4 Å². The quantitative estimate of drug-likeness (QED) is 0.498. The van der Waals surface area contributed by atoms with Crippen LogP contribution < -0.4 is 15.1 Å². The number of amides is 1. The number of carbonyl (C=O) groups is 2. The van der Waals surface area contributed by atoms with Crippen molar-refractivity contribution >= 4 is 17.4 Å². The van der Waals surface area contributed by atoms with Crippen LogP contribution in [0.15, 0.2) is 84.9 Å². The topological polar surface area (TPSA) is 55.0 Å². The maximum Gasteiger partial charge on any atom is 0.279 e. The molecule has 4 rings (SSSR count). The fraction of sp³-hybridized carbons (Fsp3) is 0.259. The third-order valence-corrected chi connectivity index (χ3v) is 6.26. The van der Waals surface area contributed by atoms with Crippen LogP contribution in [0, 0.1) is 0 Å². The highest BCUT2D eigenvalue weighted by atomic mass is 16.2. The molecule has 164 valence electrons. The summed E-state index contributed by atoms with van der Waals surface area (Å²) in [6, 6.07) is 28.8. The van der Waals surface area contributed by atoms with Crippen LogP contribution in [0.1, 0.15) is 34.5 Å². The predicted octanol–water partition coefficient (Wildman–Crippen LogP) is 1.40. The van der Waals surface area contributed by atoms with Gasteiger partial charge in [0.25, 0.3) is 5.91 Å². The zero-order valence-electron chi connectivity index (χ0n) is 18.5. The lowest BCUT2D eigenvalue weighted by molar-refractivity contribution is -1.02. The molecule has 0 radical (unpaired) electrons. The zero-order valence-corrected chi connectivity index (χ0v) is 18.5. The molecular formula is C27H31N3O2+2. The van der Waals surface area contributed by atoms with E-state index in [1.807, 2.05) is 0 Å². The van der Waals surface area contributed by atoms with E-state index in [-0.39, 0.29) is 11.7 Å². The van der Waals surface area contributed by atoms with Gasteiger partial charge in [0, 0.05) is 22.4 Å². The van der Waals surface area contributed by atoms with Gasteiger partial charge in [0.15, 0.2) is 12.3 Å². The molecule has 1 aliphatic heterocycles. The van der Waals surface area contributed by atoms with Gasteiger partial charge in [-0.1, -0.05) is 60.7 Å². The SMILES string of the molecule is CC(=O)c1ccc(NC(=O)C[NH+]2CC[NH+](C(c3ccccc3)c3ccccc3)CC2)cc1. The van der Waals surface area contributed by atoms with Gasteiger partial charge in [-0.15, -0.1) is 0 Å². The summed E-state index contributed by atoms with van der Waals surface area (Å²) < 4.78 is 0. The fourth-order valence-electron chi connectivity index (χ4n) is 4.57. The fourth-order valence-corrected chi connectivity index (χ4v) is 4.57. The summed E-state index contributed by atoms with van der Waals surface area (Å²) in [4.78, 5) is 26.8. The van der Waals surface area contributed by atoms with E-state index in [2.05, 4.69) is 66.0 Å².